The van der Waals surface area contributed by atoms with E-state index in [1.54, 1.807) is 0 Å². The van der Waals surface area contributed by atoms with Gasteiger partial charge in [-0.2, -0.15) is 0 Å². The van der Waals surface area contributed by atoms with E-state index in [9.17, 15) is 8.42 Å². The topological polar surface area (TPSA) is 72.5 Å². The van der Waals surface area contributed by atoms with Crippen LogP contribution in [-0.2, 0) is 19.7 Å². The minimum atomic E-state index is -2.26. The lowest BCUT2D eigenvalue weighted by atomic mass is 9.97. The number of benzene rings is 1. The van der Waals surface area contributed by atoms with E-state index >= 15 is 0 Å². The summed E-state index contributed by atoms with van der Waals surface area (Å²) in [6, 6.07) is 9.95. The Morgan fingerprint density at radius 2 is 1.96 bits per heavy atom. The van der Waals surface area contributed by atoms with Crippen molar-refractivity contribution in [1.82, 2.24) is 0 Å². The molecule has 0 fully saturated rings. The van der Waals surface area contributed by atoms with Gasteiger partial charge in [-0.15, -0.1) is 9.93 Å². The molecule has 1 heterocycles. The summed E-state index contributed by atoms with van der Waals surface area (Å²) in [5.41, 5.74) is 6.64. The number of rotatable bonds is 8. The van der Waals surface area contributed by atoms with Gasteiger partial charge in [-0.1, -0.05) is 44.2 Å². The molecule has 0 amide bonds. The lowest BCUT2D eigenvalue weighted by Crippen LogP contribution is -2.30. The molecule has 1 aliphatic rings. The SMILES string of the molecule is CC(C)S1(=O)=NC(c2ccccc2)[C@@H](C[SH](C)(=O)CCCCN)C1. The van der Waals surface area contributed by atoms with Crippen molar-refractivity contribution in [3.63, 3.8) is 0 Å². The molecule has 0 aromatic heterocycles. The molecule has 2 unspecified atom stereocenters. The second-order valence-electron chi connectivity index (χ2n) is 7.33. The molecular weight excluding hydrogens is 340 g/mol. The summed E-state index contributed by atoms with van der Waals surface area (Å²) in [5, 5.41) is 0.0298. The highest BCUT2D eigenvalue weighted by Gasteiger charge is 2.37. The van der Waals surface area contributed by atoms with Crippen molar-refractivity contribution >= 4 is 19.7 Å². The fraction of sp³-hybridized carbons (Fsp3) is 0.667. The molecule has 4 nitrogen and oxygen atoms in total. The second kappa shape index (κ2) is 8.11. The van der Waals surface area contributed by atoms with E-state index in [-0.39, 0.29) is 17.2 Å². The maximum Gasteiger partial charge on any atom is 0.0889 e. The molecule has 3 atom stereocenters. The van der Waals surface area contributed by atoms with E-state index in [1.807, 2.05) is 50.4 Å². The first-order valence-electron chi connectivity index (χ1n) is 8.81. The smallest absolute Gasteiger partial charge is 0.0889 e. The third-order valence-corrected chi connectivity index (χ3v) is 10.2. The summed E-state index contributed by atoms with van der Waals surface area (Å²) in [6.45, 7) is 4.60. The lowest BCUT2D eigenvalue weighted by molar-refractivity contribution is 0.545. The summed E-state index contributed by atoms with van der Waals surface area (Å²) in [4.78, 5) is 0. The van der Waals surface area contributed by atoms with Crippen molar-refractivity contribution in [2.24, 2.45) is 16.0 Å². The molecule has 0 aliphatic carbocycles. The van der Waals surface area contributed by atoms with Gasteiger partial charge in [0.15, 0.2) is 0 Å². The van der Waals surface area contributed by atoms with E-state index in [0.717, 1.165) is 24.2 Å². The normalized spacial score (nSPS) is 28.0. The van der Waals surface area contributed by atoms with Crippen LogP contribution in [0.15, 0.2) is 34.7 Å². The number of thiol groups is 1. The highest BCUT2D eigenvalue weighted by Crippen LogP contribution is 2.38. The molecule has 0 saturated carbocycles. The second-order valence-corrected chi connectivity index (χ2v) is 13.6. The summed E-state index contributed by atoms with van der Waals surface area (Å²) in [6.07, 6.45) is 3.71. The van der Waals surface area contributed by atoms with Gasteiger partial charge in [0.25, 0.3) is 0 Å². The van der Waals surface area contributed by atoms with Crippen molar-refractivity contribution in [3.8, 4) is 0 Å². The molecule has 2 rings (SSSR count). The Balaban J connectivity index is 2.22. The fourth-order valence-electron chi connectivity index (χ4n) is 3.35. The van der Waals surface area contributed by atoms with E-state index in [2.05, 4.69) is 0 Å². The van der Waals surface area contributed by atoms with Crippen LogP contribution in [0.5, 0.6) is 0 Å². The number of hydrogen-bond donors (Lipinski definition) is 2. The Kier molecular flexibility index (Phi) is 6.62. The van der Waals surface area contributed by atoms with Crippen molar-refractivity contribution in [3.05, 3.63) is 35.9 Å². The van der Waals surface area contributed by atoms with Gasteiger partial charge in [0.05, 0.1) is 15.8 Å². The minimum absolute atomic E-state index is 0.0298. The maximum absolute atomic E-state index is 13.2. The van der Waals surface area contributed by atoms with Gasteiger partial charge >= 0.3 is 0 Å². The molecule has 0 radical (unpaired) electrons. The predicted octanol–water partition coefficient (Wildman–Crippen LogP) is 2.62. The zero-order valence-electron chi connectivity index (χ0n) is 15.1. The van der Waals surface area contributed by atoms with Crippen LogP contribution >= 0.6 is 0 Å². The molecule has 1 aromatic rings. The van der Waals surface area contributed by atoms with E-state index in [4.69, 9.17) is 10.1 Å². The summed E-state index contributed by atoms with van der Waals surface area (Å²) >= 11 is 0. The van der Waals surface area contributed by atoms with E-state index in [1.165, 1.54) is 0 Å². The molecule has 0 spiro atoms. The summed E-state index contributed by atoms with van der Waals surface area (Å²) in [7, 11) is -4.49. The fourth-order valence-corrected chi connectivity index (χ4v) is 8.22. The van der Waals surface area contributed by atoms with Gasteiger partial charge in [-0.3, -0.25) is 4.21 Å². The van der Waals surface area contributed by atoms with Gasteiger partial charge < -0.3 is 5.73 Å². The Morgan fingerprint density at radius 3 is 2.54 bits per heavy atom. The first kappa shape index (κ1) is 19.6. The van der Waals surface area contributed by atoms with Crippen molar-refractivity contribution in [1.29, 1.82) is 0 Å². The van der Waals surface area contributed by atoms with Crippen LogP contribution in [0.4, 0.5) is 0 Å². The van der Waals surface area contributed by atoms with Gasteiger partial charge in [-0.05, 0) is 31.2 Å². The van der Waals surface area contributed by atoms with Crippen LogP contribution in [0, 0.1) is 5.92 Å². The summed E-state index contributed by atoms with van der Waals surface area (Å²) in [5.74, 6) is 2.03. The van der Waals surface area contributed by atoms with Gasteiger partial charge in [-0.25, -0.2) is 8.57 Å². The highest BCUT2D eigenvalue weighted by atomic mass is 32.2. The zero-order valence-corrected chi connectivity index (χ0v) is 16.8. The third-order valence-electron chi connectivity index (χ3n) is 4.78. The number of nitrogens with two attached hydrogens (primary N) is 1. The highest BCUT2D eigenvalue weighted by molar-refractivity contribution is 8.02. The zero-order chi connectivity index (χ0) is 17.8. The van der Waals surface area contributed by atoms with Crippen molar-refractivity contribution in [2.45, 2.75) is 38.0 Å². The largest absolute Gasteiger partial charge is 0.330 e. The van der Waals surface area contributed by atoms with Crippen LogP contribution in [0.2, 0.25) is 0 Å². The maximum atomic E-state index is 13.2. The number of unbranched alkanes of at least 4 members (excludes halogenated alkanes) is 1. The van der Waals surface area contributed by atoms with E-state index in [0.29, 0.717) is 18.1 Å². The third kappa shape index (κ3) is 4.90. The molecule has 1 aromatic carbocycles. The van der Waals surface area contributed by atoms with Crippen molar-refractivity contribution < 1.29 is 8.42 Å². The van der Waals surface area contributed by atoms with Crippen LogP contribution in [0.25, 0.3) is 0 Å². The predicted molar refractivity (Wildman–Crippen MR) is 107 cm³/mol. The Morgan fingerprint density at radius 1 is 1.29 bits per heavy atom. The molecule has 138 valence electrons. The average Bonchev–Trinajstić information content (AvgIpc) is 2.86. The van der Waals surface area contributed by atoms with Crippen LogP contribution < -0.4 is 5.73 Å². The number of nitrogens with zero attached hydrogens (tertiary/aromatic N) is 1. The van der Waals surface area contributed by atoms with Crippen LogP contribution in [0.1, 0.15) is 38.3 Å². The number of hydrogen-bond acceptors (Lipinski definition) is 4. The van der Waals surface area contributed by atoms with Crippen molar-refractivity contribution in [2.75, 3.05) is 30.1 Å². The van der Waals surface area contributed by atoms with E-state index < -0.39 is 19.7 Å². The quantitative estimate of drug-likeness (QED) is 0.544. The molecule has 0 saturated heterocycles. The average molecular weight is 373 g/mol. The van der Waals surface area contributed by atoms with Crippen LogP contribution in [-0.4, -0.2) is 43.7 Å². The molecular formula is C18H32N2O2S2. The first-order valence-corrected chi connectivity index (χ1v) is 13.1. The van der Waals surface area contributed by atoms with Gasteiger partial charge in [0.2, 0.25) is 0 Å². The summed E-state index contributed by atoms with van der Waals surface area (Å²) < 4.78 is 30.9. The Hall–Kier alpha value is -0.720. The molecule has 24 heavy (non-hydrogen) atoms. The molecule has 1 aliphatic heterocycles. The van der Waals surface area contributed by atoms with Gasteiger partial charge in [0, 0.05) is 28.4 Å². The monoisotopic (exact) mass is 372 g/mol. The van der Waals surface area contributed by atoms with Gasteiger partial charge in [0.1, 0.15) is 0 Å². The Labute approximate surface area is 148 Å². The molecule has 0 bridgehead atoms. The molecule has 6 heteroatoms. The molecule has 2 N–H and O–H groups in total. The minimum Gasteiger partial charge on any atom is -0.330 e. The first-order chi connectivity index (χ1) is 11.3. The lowest BCUT2D eigenvalue weighted by Gasteiger charge is -2.25. The standard InChI is InChI=1S/C18H32N2O2S2/c1-15(2)24(22)14-17(13-23(3,21)12-8-7-11-19)18(20-24)16-9-5-4-6-10-16/h4-6,9-10,15,17-18,23H,7-8,11-14,19H2,1-3H3/t17-,18?,24?/m0/s1. The van der Waals surface area contributed by atoms with Crippen LogP contribution in [0.3, 0.4) is 0 Å². The Bertz CT molecular complexity index is 694.